The van der Waals surface area contributed by atoms with Crippen molar-refractivity contribution in [2.75, 3.05) is 6.54 Å². The molecule has 0 aromatic carbocycles. The molecule has 0 amide bonds. The SMILES string of the molecule is CCC1CCCC(N(CCC(=O)O)C(C)C)CC1. The van der Waals surface area contributed by atoms with Gasteiger partial charge in [0.25, 0.3) is 0 Å². The molecule has 1 fully saturated rings. The molecule has 0 aromatic rings. The quantitative estimate of drug-likeness (QED) is 0.738. The van der Waals surface area contributed by atoms with Crippen molar-refractivity contribution < 1.29 is 9.90 Å². The van der Waals surface area contributed by atoms with Crippen LogP contribution in [-0.4, -0.2) is 34.6 Å². The highest BCUT2D eigenvalue weighted by atomic mass is 16.4. The molecule has 2 unspecified atom stereocenters. The molecule has 0 spiro atoms. The van der Waals surface area contributed by atoms with Gasteiger partial charge in [-0.15, -0.1) is 0 Å². The Morgan fingerprint density at radius 1 is 1.28 bits per heavy atom. The first-order chi connectivity index (χ1) is 8.54. The van der Waals surface area contributed by atoms with Crippen molar-refractivity contribution in [1.29, 1.82) is 0 Å². The molecule has 1 aliphatic carbocycles. The molecular weight excluding hydrogens is 226 g/mol. The fraction of sp³-hybridized carbons (Fsp3) is 0.933. The van der Waals surface area contributed by atoms with Crippen molar-refractivity contribution in [3.8, 4) is 0 Å². The van der Waals surface area contributed by atoms with Gasteiger partial charge in [0.15, 0.2) is 0 Å². The number of carboxylic acid groups (broad SMARTS) is 1. The van der Waals surface area contributed by atoms with Crippen molar-refractivity contribution in [2.45, 2.75) is 77.8 Å². The minimum absolute atomic E-state index is 0.270. The van der Waals surface area contributed by atoms with Gasteiger partial charge in [0.1, 0.15) is 0 Å². The molecular formula is C15H29NO2. The maximum absolute atomic E-state index is 10.7. The average Bonchev–Trinajstić information content (AvgIpc) is 2.54. The zero-order valence-electron chi connectivity index (χ0n) is 12.2. The molecule has 0 saturated heterocycles. The second-order valence-electron chi connectivity index (χ2n) is 5.91. The smallest absolute Gasteiger partial charge is 0.304 e. The van der Waals surface area contributed by atoms with Gasteiger partial charge in [-0.1, -0.05) is 26.2 Å². The normalized spacial score (nSPS) is 25.4. The van der Waals surface area contributed by atoms with Crippen LogP contribution in [0.5, 0.6) is 0 Å². The number of aliphatic carboxylic acids is 1. The number of carboxylic acids is 1. The third-order valence-corrected chi connectivity index (χ3v) is 4.35. The monoisotopic (exact) mass is 255 g/mol. The van der Waals surface area contributed by atoms with E-state index in [0.717, 1.165) is 5.92 Å². The van der Waals surface area contributed by atoms with Crippen LogP contribution in [0.3, 0.4) is 0 Å². The summed E-state index contributed by atoms with van der Waals surface area (Å²) in [7, 11) is 0. The van der Waals surface area contributed by atoms with Crippen LogP contribution in [0.25, 0.3) is 0 Å². The number of hydrogen-bond donors (Lipinski definition) is 1. The Labute approximate surface area is 112 Å². The summed E-state index contributed by atoms with van der Waals surface area (Å²) in [5.74, 6) is 0.212. The van der Waals surface area contributed by atoms with E-state index in [4.69, 9.17) is 5.11 Å². The van der Waals surface area contributed by atoms with E-state index in [-0.39, 0.29) is 6.42 Å². The van der Waals surface area contributed by atoms with Gasteiger partial charge in [-0.05, 0) is 39.0 Å². The Bertz CT molecular complexity index is 253. The molecule has 0 aromatic heterocycles. The lowest BCUT2D eigenvalue weighted by atomic mass is 9.97. The van der Waals surface area contributed by atoms with Crippen molar-refractivity contribution >= 4 is 5.97 Å². The summed E-state index contributed by atoms with van der Waals surface area (Å²) in [5, 5.41) is 8.85. The maximum Gasteiger partial charge on any atom is 0.304 e. The predicted molar refractivity (Wildman–Crippen MR) is 74.7 cm³/mol. The zero-order chi connectivity index (χ0) is 13.5. The molecule has 18 heavy (non-hydrogen) atoms. The Kier molecular flexibility index (Phi) is 6.69. The van der Waals surface area contributed by atoms with E-state index in [1.54, 1.807) is 0 Å². The van der Waals surface area contributed by atoms with E-state index in [2.05, 4.69) is 25.7 Å². The average molecular weight is 255 g/mol. The fourth-order valence-electron chi connectivity index (χ4n) is 3.19. The van der Waals surface area contributed by atoms with Crippen molar-refractivity contribution in [3.63, 3.8) is 0 Å². The molecule has 3 heteroatoms. The van der Waals surface area contributed by atoms with E-state index in [1.165, 1.54) is 38.5 Å². The molecule has 0 heterocycles. The Balaban J connectivity index is 2.53. The fourth-order valence-corrected chi connectivity index (χ4v) is 3.19. The van der Waals surface area contributed by atoms with Crippen molar-refractivity contribution in [3.05, 3.63) is 0 Å². The van der Waals surface area contributed by atoms with E-state index >= 15 is 0 Å². The highest BCUT2D eigenvalue weighted by molar-refractivity contribution is 5.66. The Morgan fingerprint density at radius 2 is 2.00 bits per heavy atom. The van der Waals surface area contributed by atoms with Crippen LogP contribution >= 0.6 is 0 Å². The summed E-state index contributed by atoms with van der Waals surface area (Å²) in [6.45, 7) is 7.36. The lowest BCUT2D eigenvalue weighted by Crippen LogP contribution is -2.41. The van der Waals surface area contributed by atoms with E-state index in [0.29, 0.717) is 18.6 Å². The van der Waals surface area contributed by atoms with Crippen LogP contribution in [0.2, 0.25) is 0 Å². The zero-order valence-corrected chi connectivity index (χ0v) is 12.2. The highest BCUT2D eigenvalue weighted by Gasteiger charge is 2.25. The van der Waals surface area contributed by atoms with Crippen molar-refractivity contribution in [2.24, 2.45) is 5.92 Å². The largest absolute Gasteiger partial charge is 0.481 e. The summed E-state index contributed by atoms with van der Waals surface area (Å²) in [6.07, 6.45) is 8.04. The molecule has 106 valence electrons. The van der Waals surface area contributed by atoms with Crippen LogP contribution in [0.4, 0.5) is 0 Å². The predicted octanol–water partition coefficient (Wildman–Crippen LogP) is 3.53. The topological polar surface area (TPSA) is 40.5 Å². The standard InChI is InChI=1S/C15H29NO2/c1-4-13-6-5-7-14(9-8-13)16(12(2)3)11-10-15(17)18/h12-14H,4-11H2,1-3H3,(H,17,18). The Hall–Kier alpha value is -0.570. The molecule has 0 aliphatic heterocycles. The summed E-state index contributed by atoms with van der Waals surface area (Å²) < 4.78 is 0. The molecule has 0 bridgehead atoms. The number of hydrogen-bond acceptors (Lipinski definition) is 2. The minimum Gasteiger partial charge on any atom is -0.481 e. The third-order valence-electron chi connectivity index (χ3n) is 4.35. The van der Waals surface area contributed by atoms with Gasteiger partial charge in [0, 0.05) is 18.6 Å². The minimum atomic E-state index is -0.680. The van der Waals surface area contributed by atoms with Crippen LogP contribution < -0.4 is 0 Å². The molecule has 1 saturated carbocycles. The highest BCUT2D eigenvalue weighted by Crippen LogP contribution is 2.29. The van der Waals surface area contributed by atoms with Crippen molar-refractivity contribution in [1.82, 2.24) is 4.90 Å². The summed E-state index contributed by atoms with van der Waals surface area (Å²) in [5.41, 5.74) is 0. The van der Waals surface area contributed by atoms with Gasteiger partial charge in [0.2, 0.25) is 0 Å². The van der Waals surface area contributed by atoms with Gasteiger partial charge >= 0.3 is 5.97 Å². The van der Waals surface area contributed by atoms with Crippen LogP contribution in [-0.2, 0) is 4.79 Å². The van der Waals surface area contributed by atoms with Gasteiger partial charge in [-0.25, -0.2) is 0 Å². The Morgan fingerprint density at radius 3 is 2.56 bits per heavy atom. The molecule has 1 aliphatic rings. The molecule has 2 atom stereocenters. The van der Waals surface area contributed by atoms with Gasteiger partial charge in [0.05, 0.1) is 6.42 Å². The summed E-state index contributed by atoms with van der Waals surface area (Å²) in [6, 6.07) is 1.05. The van der Waals surface area contributed by atoms with E-state index in [9.17, 15) is 4.79 Å². The third kappa shape index (κ3) is 4.97. The number of carbonyl (C=O) groups is 1. The van der Waals surface area contributed by atoms with Crippen LogP contribution in [0, 0.1) is 5.92 Å². The first kappa shape index (κ1) is 15.5. The summed E-state index contributed by atoms with van der Waals surface area (Å²) in [4.78, 5) is 13.2. The second-order valence-corrected chi connectivity index (χ2v) is 5.91. The van der Waals surface area contributed by atoms with Crippen LogP contribution in [0.1, 0.15) is 65.7 Å². The molecule has 1 N–H and O–H groups in total. The first-order valence-electron chi connectivity index (χ1n) is 7.52. The lowest BCUT2D eigenvalue weighted by Gasteiger charge is -2.34. The van der Waals surface area contributed by atoms with E-state index in [1.807, 2.05) is 0 Å². The van der Waals surface area contributed by atoms with E-state index < -0.39 is 5.97 Å². The molecule has 0 radical (unpaired) electrons. The van der Waals surface area contributed by atoms with Gasteiger partial charge in [-0.2, -0.15) is 0 Å². The summed E-state index contributed by atoms with van der Waals surface area (Å²) >= 11 is 0. The lowest BCUT2D eigenvalue weighted by molar-refractivity contribution is -0.137. The maximum atomic E-state index is 10.7. The van der Waals surface area contributed by atoms with Gasteiger partial charge in [-0.3, -0.25) is 9.69 Å². The molecule has 3 nitrogen and oxygen atoms in total. The number of nitrogens with zero attached hydrogens (tertiary/aromatic N) is 1. The number of rotatable bonds is 6. The van der Waals surface area contributed by atoms with Gasteiger partial charge < -0.3 is 5.11 Å². The second kappa shape index (κ2) is 7.78. The first-order valence-corrected chi connectivity index (χ1v) is 7.52. The molecule has 1 rings (SSSR count). The van der Waals surface area contributed by atoms with Crippen LogP contribution in [0.15, 0.2) is 0 Å².